The number of ether oxygens (including phenoxy) is 2. The Kier molecular flexibility index (Phi) is 5.43. The maximum atomic E-state index is 12.6. The second kappa shape index (κ2) is 7.74. The van der Waals surface area contributed by atoms with Gasteiger partial charge in [-0.3, -0.25) is 9.59 Å². The third-order valence-corrected chi connectivity index (χ3v) is 4.75. The number of rotatable bonds is 5. The molecule has 0 N–H and O–H groups in total. The average Bonchev–Trinajstić information content (AvgIpc) is 3.08. The Labute approximate surface area is 148 Å². The third-order valence-electron chi connectivity index (χ3n) is 4.75. The van der Waals surface area contributed by atoms with E-state index in [2.05, 4.69) is 11.8 Å². The molecule has 0 aliphatic carbocycles. The Hall–Kier alpha value is -2.28. The van der Waals surface area contributed by atoms with Crippen LogP contribution in [-0.4, -0.2) is 72.6 Å². The molecule has 2 heterocycles. The molecule has 0 aromatic heterocycles. The summed E-state index contributed by atoms with van der Waals surface area (Å²) in [5, 5.41) is 0. The van der Waals surface area contributed by atoms with E-state index in [4.69, 9.17) is 9.47 Å². The number of benzene rings is 1. The second-order valence-electron chi connectivity index (χ2n) is 6.38. The molecule has 1 aromatic rings. The predicted octanol–water partition coefficient (Wildman–Crippen LogP) is 0.928. The van der Waals surface area contributed by atoms with E-state index in [1.54, 1.807) is 4.90 Å². The summed E-state index contributed by atoms with van der Waals surface area (Å²) in [5.74, 6) is 1.29. The van der Waals surface area contributed by atoms with Crippen molar-refractivity contribution < 1.29 is 19.1 Å². The molecule has 2 aliphatic rings. The molecule has 2 aliphatic heterocycles. The van der Waals surface area contributed by atoms with Crippen LogP contribution in [0.15, 0.2) is 18.2 Å². The summed E-state index contributed by atoms with van der Waals surface area (Å²) in [4.78, 5) is 30.3. The van der Waals surface area contributed by atoms with Gasteiger partial charge in [0.15, 0.2) is 11.5 Å². The Bertz CT molecular complexity index is 641. The number of hydrogen-bond acceptors (Lipinski definition) is 5. The molecule has 7 heteroatoms. The smallest absolute Gasteiger partial charge is 0.242 e. The lowest BCUT2D eigenvalue weighted by atomic mass is 10.2. The first-order valence-corrected chi connectivity index (χ1v) is 8.71. The fourth-order valence-corrected chi connectivity index (χ4v) is 3.12. The molecule has 1 saturated heterocycles. The molecule has 0 spiro atoms. The molecule has 2 amide bonds. The van der Waals surface area contributed by atoms with E-state index in [9.17, 15) is 9.59 Å². The minimum atomic E-state index is -0.113. The van der Waals surface area contributed by atoms with Gasteiger partial charge in [0.25, 0.3) is 0 Å². The Morgan fingerprint density at radius 3 is 2.52 bits per heavy atom. The first-order valence-electron chi connectivity index (χ1n) is 8.71. The van der Waals surface area contributed by atoms with Crippen molar-refractivity contribution in [2.24, 2.45) is 0 Å². The lowest BCUT2D eigenvalue weighted by Crippen LogP contribution is -2.51. The topological polar surface area (TPSA) is 62.3 Å². The molecule has 136 valence electrons. The molecule has 7 nitrogen and oxygen atoms in total. The minimum Gasteiger partial charge on any atom is -0.454 e. The van der Waals surface area contributed by atoms with E-state index in [-0.39, 0.29) is 25.2 Å². The molecule has 1 fully saturated rings. The highest BCUT2D eigenvalue weighted by atomic mass is 16.7. The summed E-state index contributed by atoms with van der Waals surface area (Å²) in [7, 11) is 0. The number of carbonyl (C=O) groups excluding carboxylic acids is 2. The van der Waals surface area contributed by atoms with Gasteiger partial charge in [-0.2, -0.15) is 0 Å². The number of amides is 2. The molecule has 0 radical (unpaired) electrons. The highest BCUT2D eigenvalue weighted by Crippen LogP contribution is 2.32. The highest BCUT2D eigenvalue weighted by molar-refractivity contribution is 5.84. The maximum absolute atomic E-state index is 12.6. The van der Waals surface area contributed by atoms with E-state index >= 15 is 0 Å². The fraction of sp³-hybridized carbons (Fsp3) is 0.556. The summed E-state index contributed by atoms with van der Waals surface area (Å²) in [5.41, 5.74) is 0.919. The zero-order chi connectivity index (χ0) is 17.8. The van der Waals surface area contributed by atoms with Gasteiger partial charge in [-0.25, -0.2) is 0 Å². The first-order chi connectivity index (χ1) is 12.1. The number of likely N-dealkylation sites (N-methyl/N-ethyl adjacent to an activating group) is 1. The summed E-state index contributed by atoms with van der Waals surface area (Å²) < 4.78 is 10.7. The van der Waals surface area contributed by atoms with Crippen molar-refractivity contribution in [2.75, 3.05) is 46.1 Å². The van der Waals surface area contributed by atoms with E-state index in [1.165, 1.54) is 6.92 Å². The van der Waals surface area contributed by atoms with Crippen LogP contribution in [0.3, 0.4) is 0 Å². The van der Waals surface area contributed by atoms with Crippen molar-refractivity contribution in [1.82, 2.24) is 14.7 Å². The molecule has 0 atom stereocenters. The van der Waals surface area contributed by atoms with Gasteiger partial charge in [0.2, 0.25) is 18.6 Å². The van der Waals surface area contributed by atoms with E-state index < -0.39 is 0 Å². The van der Waals surface area contributed by atoms with Gasteiger partial charge >= 0.3 is 0 Å². The molecule has 0 bridgehead atoms. The maximum Gasteiger partial charge on any atom is 0.242 e. The Balaban J connectivity index is 1.60. The zero-order valence-electron chi connectivity index (χ0n) is 14.9. The van der Waals surface area contributed by atoms with Crippen molar-refractivity contribution >= 4 is 11.8 Å². The predicted molar refractivity (Wildman–Crippen MR) is 92.4 cm³/mol. The molecule has 1 aromatic carbocycles. The lowest BCUT2D eigenvalue weighted by Gasteiger charge is -2.35. The van der Waals surface area contributed by atoms with Gasteiger partial charge in [-0.05, 0) is 24.2 Å². The summed E-state index contributed by atoms with van der Waals surface area (Å²) in [6.45, 7) is 8.57. The zero-order valence-corrected chi connectivity index (χ0v) is 14.9. The second-order valence-corrected chi connectivity index (χ2v) is 6.38. The summed E-state index contributed by atoms with van der Waals surface area (Å²) in [6, 6.07) is 5.60. The van der Waals surface area contributed by atoms with Gasteiger partial charge in [0, 0.05) is 39.6 Å². The van der Waals surface area contributed by atoms with Crippen LogP contribution in [-0.2, 0) is 16.1 Å². The fourth-order valence-electron chi connectivity index (χ4n) is 3.12. The van der Waals surface area contributed by atoms with Crippen LogP contribution >= 0.6 is 0 Å². The molecule has 0 saturated carbocycles. The third kappa shape index (κ3) is 4.22. The van der Waals surface area contributed by atoms with Gasteiger partial charge in [0.1, 0.15) is 6.54 Å². The van der Waals surface area contributed by atoms with E-state index in [1.807, 2.05) is 23.1 Å². The van der Waals surface area contributed by atoms with Crippen molar-refractivity contribution in [3.05, 3.63) is 23.8 Å². The van der Waals surface area contributed by atoms with Crippen LogP contribution in [0.5, 0.6) is 11.5 Å². The van der Waals surface area contributed by atoms with Gasteiger partial charge < -0.3 is 24.2 Å². The molecular weight excluding hydrogens is 322 g/mol. The average molecular weight is 347 g/mol. The van der Waals surface area contributed by atoms with Gasteiger partial charge in [-0.1, -0.05) is 13.0 Å². The number of fused-ring (bicyclic) bond motifs is 1. The van der Waals surface area contributed by atoms with Crippen LogP contribution in [0.2, 0.25) is 0 Å². The lowest BCUT2D eigenvalue weighted by molar-refractivity contribution is -0.140. The standard InChI is InChI=1S/C18H25N3O4/c1-3-19-6-8-20(9-7-19)18(23)12-21(14(2)22)11-15-4-5-16-17(10-15)25-13-24-16/h4-5,10H,3,6-9,11-13H2,1-2H3. The van der Waals surface area contributed by atoms with Crippen LogP contribution < -0.4 is 9.47 Å². The van der Waals surface area contributed by atoms with E-state index in [0.717, 1.165) is 38.3 Å². The van der Waals surface area contributed by atoms with Crippen LogP contribution in [0, 0.1) is 0 Å². The normalized spacial score (nSPS) is 16.8. The summed E-state index contributed by atoms with van der Waals surface area (Å²) >= 11 is 0. The van der Waals surface area contributed by atoms with Crippen molar-refractivity contribution in [1.29, 1.82) is 0 Å². The number of carbonyl (C=O) groups is 2. The highest BCUT2D eigenvalue weighted by Gasteiger charge is 2.23. The minimum absolute atomic E-state index is 0.00620. The monoisotopic (exact) mass is 347 g/mol. The van der Waals surface area contributed by atoms with Crippen LogP contribution in [0.25, 0.3) is 0 Å². The van der Waals surface area contributed by atoms with Crippen molar-refractivity contribution in [3.63, 3.8) is 0 Å². The van der Waals surface area contributed by atoms with Gasteiger partial charge in [0.05, 0.1) is 0 Å². The molecular formula is C18H25N3O4. The SMILES string of the molecule is CCN1CCN(C(=O)CN(Cc2ccc3c(c2)OCO3)C(C)=O)CC1. The molecule has 3 rings (SSSR count). The van der Waals surface area contributed by atoms with Crippen LogP contribution in [0.4, 0.5) is 0 Å². The summed E-state index contributed by atoms with van der Waals surface area (Å²) in [6.07, 6.45) is 0. The van der Waals surface area contributed by atoms with Crippen LogP contribution in [0.1, 0.15) is 19.4 Å². The number of nitrogens with zero attached hydrogens (tertiary/aromatic N) is 3. The largest absolute Gasteiger partial charge is 0.454 e. The quantitative estimate of drug-likeness (QED) is 0.793. The Morgan fingerprint density at radius 2 is 1.84 bits per heavy atom. The van der Waals surface area contributed by atoms with E-state index in [0.29, 0.717) is 18.0 Å². The number of piperazine rings is 1. The number of hydrogen-bond donors (Lipinski definition) is 0. The Morgan fingerprint density at radius 1 is 1.12 bits per heavy atom. The van der Waals surface area contributed by atoms with Crippen molar-refractivity contribution in [2.45, 2.75) is 20.4 Å². The molecule has 0 unspecified atom stereocenters. The first kappa shape index (κ1) is 17.5. The molecule has 25 heavy (non-hydrogen) atoms. The van der Waals surface area contributed by atoms with Gasteiger partial charge in [-0.15, -0.1) is 0 Å². The van der Waals surface area contributed by atoms with Crippen molar-refractivity contribution in [3.8, 4) is 11.5 Å².